The lowest BCUT2D eigenvalue weighted by Gasteiger charge is -2.20. The highest BCUT2D eigenvalue weighted by molar-refractivity contribution is 7.98. The Morgan fingerprint density at radius 3 is 1.59 bits per heavy atom. The average molecular weight is 925 g/mol. The first kappa shape index (κ1) is 51.9. The van der Waals surface area contributed by atoms with Crippen LogP contribution in [0.5, 0.6) is 0 Å². The fraction of sp³-hybridized carbons (Fsp3) is 0.385. The number of carbonyl (C=O) groups is 4. The molecule has 0 aliphatic heterocycles. The van der Waals surface area contributed by atoms with Gasteiger partial charge in [-0.25, -0.2) is 9.97 Å². The Labute approximate surface area is 367 Å². The molecule has 0 saturated carbocycles. The van der Waals surface area contributed by atoms with Crippen molar-refractivity contribution in [1.82, 2.24) is 9.97 Å². The zero-order chi connectivity index (χ0) is 47.5. The zero-order valence-corrected chi connectivity index (χ0v) is 35.2. The Hall–Kier alpha value is -6.47. The Morgan fingerprint density at radius 2 is 1.09 bits per heavy atom. The van der Waals surface area contributed by atoms with E-state index >= 15 is 0 Å². The lowest BCUT2D eigenvalue weighted by Crippen LogP contribution is -2.23. The highest BCUT2D eigenvalue weighted by atomic mass is 32.2. The van der Waals surface area contributed by atoms with Crippen molar-refractivity contribution in [3.05, 3.63) is 76.4 Å². The van der Waals surface area contributed by atoms with Gasteiger partial charge in [-0.3, -0.25) is 29.2 Å². The topological polar surface area (TPSA) is 323 Å². The Balaban J connectivity index is 2.06. The van der Waals surface area contributed by atoms with Gasteiger partial charge in [0.2, 0.25) is 11.8 Å². The number of anilines is 4. The van der Waals surface area contributed by atoms with Gasteiger partial charge in [-0.15, -0.1) is 0 Å². The summed E-state index contributed by atoms with van der Waals surface area (Å²) in [4.78, 5) is 68.5. The lowest BCUT2D eigenvalue weighted by atomic mass is 10.0. The number of alkyl halides is 6. The second-order valence-corrected chi connectivity index (χ2v) is 14.8. The molecular formula is C39H50F6N14O4S. The van der Waals surface area contributed by atoms with Crippen molar-refractivity contribution in [2.75, 3.05) is 53.2 Å². The molecule has 0 unspecified atom stereocenters. The van der Waals surface area contributed by atoms with E-state index in [1.807, 2.05) is 0 Å². The molecule has 4 amide bonds. The molecule has 25 heteroatoms. The van der Waals surface area contributed by atoms with Gasteiger partial charge in [0, 0.05) is 59.5 Å². The van der Waals surface area contributed by atoms with Gasteiger partial charge >= 0.3 is 12.4 Å². The molecule has 3 aromatic rings. The molecule has 0 aliphatic rings. The molecule has 64 heavy (non-hydrogen) atoms. The molecule has 3 rings (SSSR count). The predicted molar refractivity (Wildman–Crippen MR) is 235 cm³/mol. The lowest BCUT2D eigenvalue weighted by molar-refractivity contribution is -0.138. The first-order valence-electron chi connectivity index (χ1n) is 19.5. The van der Waals surface area contributed by atoms with Crippen LogP contribution in [0.4, 0.5) is 49.1 Å². The van der Waals surface area contributed by atoms with Crippen LogP contribution >= 0.6 is 11.8 Å². The summed E-state index contributed by atoms with van der Waals surface area (Å²) in [6.45, 7) is 0.818. The van der Waals surface area contributed by atoms with Crippen LogP contribution in [-0.2, 0) is 27.7 Å². The minimum absolute atomic E-state index is 0.0538. The van der Waals surface area contributed by atoms with Crippen molar-refractivity contribution in [3.63, 3.8) is 0 Å². The van der Waals surface area contributed by atoms with Crippen LogP contribution in [0, 0.1) is 0 Å². The van der Waals surface area contributed by atoms with Gasteiger partial charge in [-0.2, -0.15) is 38.1 Å². The summed E-state index contributed by atoms with van der Waals surface area (Å²) < 4.78 is 85.3. The van der Waals surface area contributed by atoms with E-state index in [-0.39, 0.29) is 90.5 Å². The zero-order valence-electron chi connectivity index (χ0n) is 34.4. The number of benzene rings is 2. The highest BCUT2D eigenvalue weighted by Crippen LogP contribution is 2.39. The minimum Gasteiger partial charge on any atom is -0.370 e. The van der Waals surface area contributed by atoms with Crippen LogP contribution in [0.2, 0.25) is 0 Å². The van der Waals surface area contributed by atoms with E-state index in [1.165, 1.54) is 23.9 Å². The molecule has 0 saturated heterocycles. The summed E-state index contributed by atoms with van der Waals surface area (Å²) in [5.41, 5.74) is 27.6. The van der Waals surface area contributed by atoms with E-state index in [1.54, 1.807) is 0 Å². The smallest absolute Gasteiger partial charge is 0.370 e. The minimum atomic E-state index is -4.95. The quantitative estimate of drug-likeness (QED) is 0.0274. The van der Waals surface area contributed by atoms with Crippen molar-refractivity contribution in [2.45, 2.75) is 63.1 Å². The number of thioether (sulfide) groups is 1. The summed E-state index contributed by atoms with van der Waals surface area (Å²) in [6.07, 6.45) is -4.54. The molecule has 0 aliphatic carbocycles. The van der Waals surface area contributed by atoms with Gasteiger partial charge in [-0.05, 0) is 69.5 Å². The molecule has 1 aromatic heterocycles. The van der Waals surface area contributed by atoms with Gasteiger partial charge in [0.05, 0.1) is 29.0 Å². The molecule has 0 bridgehead atoms. The summed E-state index contributed by atoms with van der Waals surface area (Å²) in [5, 5.41) is 9.70. The van der Waals surface area contributed by atoms with Crippen molar-refractivity contribution in [3.8, 4) is 0 Å². The number of nitrogens with two attached hydrogens (primary N) is 6. The van der Waals surface area contributed by atoms with Gasteiger partial charge in [0.15, 0.2) is 11.9 Å². The number of rotatable bonds is 23. The fourth-order valence-corrected chi connectivity index (χ4v) is 6.44. The Kier molecular flexibility index (Phi) is 20.3. The van der Waals surface area contributed by atoms with E-state index in [2.05, 4.69) is 41.2 Å². The number of hydrogen-bond acceptors (Lipinski definition) is 11. The molecule has 1 heterocycles. The number of aromatic nitrogens is 2. The third-order valence-electron chi connectivity index (χ3n) is 8.63. The number of nitrogens with zero attached hydrogens (tertiary/aromatic N) is 4. The molecule has 348 valence electrons. The summed E-state index contributed by atoms with van der Waals surface area (Å²) in [7, 11) is 0. The molecule has 0 radical (unpaired) electrons. The average Bonchev–Trinajstić information content (AvgIpc) is 3.21. The van der Waals surface area contributed by atoms with Crippen molar-refractivity contribution in [1.29, 1.82) is 0 Å². The SMILES string of the molecule is NCCCCC(=O)Nc1cc(C(F)(F)F)cc(NC(=O)c2cc(C(=O)Nc3cc(C(F)(F)F)cc(NC(=O)CCCCN)c3CSCCN=C(N)N)ncn2)c1/C=C/CCN=C(N)N. The number of halogens is 6. The van der Waals surface area contributed by atoms with Crippen molar-refractivity contribution >= 4 is 76.1 Å². The van der Waals surface area contributed by atoms with Crippen LogP contribution < -0.4 is 55.7 Å². The van der Waals surface area contributed by atoms with E-state index < -0.39 is 64.2 Å². The number of nitrogens with one attached hydrogen (secondary N) is 4. The maximum absolute atomic E-state index is 14.2. The van der Waals surface area contributed by atoms with Gasteiger partial charge in [-0.1, -0.05) is 12.2 Å². The Bertz CT molecular complexity index is 2190. The van der Waals surface area contributed by atoms with Gasteiger partial charge in [0.25, 0.3) is 11.8 Å². The molecule has 18 nitrogen and oxygen atoms in total. The number of carbonyl (C=O) groups excluding carboxylic acids is 4. The largest absolute Gasteiger partial charge is 0.416 e. The number of aliphatic imine (C=N–C) groups is 2. The first-order chi connectivity index (χ1) is 30.2. The fourth-order valence-electron chi connectivity index (χ4n) is 5.56. The molecule has 0 fully saturated rings. The van der Waals surface area contributed by atoms with Gasteiger partial charge in [0.1, 0.15) is 17.7 Å². The summed E-state index contributed by atoms with van der Waals surface area (Å²) >= 11 is 1.17. The summed E-state index contributed by atoms with van der Waals surface area (Å²) in [5.74, 6) is -3.65. The van der Waals surface area contributed by atoms with Crippen LogP contribution in [-0.4, -0.2) is 77.4 Å². The van der Waals surface area contributed by atoms with Crippen LogP contribution in [0.15, 0.2) is 52.7 Å². The number of hydrogen-bond donors (Lipinski definition) is 10. The van der Waals surface area contributed by atoms with Crippen LogP contribution in [0.3, 0.4) is 0 Å². The molecule has 0 spiro atoms. The molecular weight excluding hydrogens is 875 g/mol. The summed E-state index contributed by atoms with van der Waals surface area (Å²) in [6, 6.07) is 3.58. The second kappa shape index (κ2) is 25.0. The normalized spacial score (nSPS) is 11.5. The van der Waals surface area contributed by atoms with Crippen LogP contribution in [0.25, 0.3) is 6.08 Å². The van der Waals surface area contributed by atoms with Crippen LogP contribution in [0.1, 0.15) is 88.2 Å². The number of guanidine groups is 2. The monoisotopic (exact) mass is 924 g/mol. The molecule has 2 aromatic carbocycles. The highest BCUT2D eigenvalue weighted by Gasteiger charge is 2.34. The van der Waals surface area contributed by atoms with Crippen molar-refractivity contribution < 1.29 is 45.5 Å². The standard InChI is InChI=1S/C39H50F6N14O4S/c40-38(41,42)22-15-26(56-32(60)8-1-4-10-46)24(7-3-6-12-52-36(48)49)27(16-22)58-34(62)30-19-31(55-21-54-30)35(63)59-29-18-23(39(43,44)45)17-28(57-33(61)9-2-5-11-47)25(29)20-64-14-13-53-37(50)51/h3,7,15-19,21H,1-2,4-6,8-14,20,46-47H2,(H,56,60)(H,57,61)(H,58,62)(H,59,63)(H4,48,49,52)(H4,50,51,53)/b7-3+. The Morgan fingerprint density at radius 1 is 0.641 bits per heavy atom. The van der Waals surface area contributed by atoms with E-state index in [0.29, 0.717) is 50.4 Å². The number of amides is 4. The van der Waals surface area contributed by atoms with Gasteiger partial charge < -0.3 is 55.7 Å². The first-order valence-corrected chi connectivity index (χ1v) is 20.7. The maximum atomic E-state index is 14.2. The third kappa shape index (κ3) is 17.4. The van der Waals surface area contributed by atoms with E-state index in [0.717, 1.165) is 18.5 Å². The second-order valence-electron chi connectivity index (χ2n) is 13.7. The van der Waals surface area contributed by atoms with Crippen molar-refractivity contribution in [2.24, 2.45) is 44.4 Å². The maximum Gasteiger partial charge on any atom is 0.416 e. The third-order valence-corrected chi connectivity index (χ3v) is 9.59. The number of unbranched alkanes of at least 4 members (excludes halogenated alkanes) is 2. The van der Waals surface area contributed by atoms with E-state index in [4.69, 9.17) is 34.4 Å². The predicted octanol–water partition coefficient (Wildman–Crippen LogP) is 4.34. The molecule has 16 N–H and O–H groups in total. The van der Waals surface area contributed by atoms with E-state index in [9.17, 15) is 45.5 Å². The molecule has 0 atom stereocenters.